The van der Waals surface area contributed by atoms with E-state index >= 15 is 0 Å². The number of aliphatic hydroxyl groups is 1. The molecular weight excluding hydrogens is 250 g/mol. The zero-order valence-corrected chi connectivity index (χ0v) is 10.2. The summed E-state index contributed by atoms with van der Waals surface area (Å²) in [5.74, 6) is -0.104. The predicted molar refractivity (Wildman–Crippen MR) is 69.3 cm³/mol. The normalized spacial score (nSPS) is 22.2. The Morgan fingerprint density at radius 1 is 1.39 bits per heavy atom. The quantitative estimate of drug-likeness (QED) is 0.634. The third-order valence-electron chi connectivity index (χ3n) is 3.03. The van der Waals surface area contributed by atoms with E-state index in [0.717, 1.165) is 5.56 Å². The number of fused-ring (bicyclic) bond motifs is 1. The smallest absolute Gasteiger partial charge is 0.258 e. The summed E-state index contributed by atoms with van der Waals surface area (Å²) in [6.07, 6.45) is 0.602. The first-order valence-corrected chi connectivity index (χ1v) is 5.92. The molecule has 2 aliphatic heterocycles. The molecule has 1 aromatic carbocycles. The summed E-state index contributed by atoms with van der Waals surface area (Å²) in [6.45, 7) is 0.466. The van der Waals surface area contributed by atoms with Gasteiger partial charge in [0.1, 0.15) is 0 Å². The van der Waals surface area contributed by atoms with Crippen LogP contribution in [0.3, 0.4) is 0 Å². The van der Waals surface area contributed by atoms with E-state index in [4.69, 9.17) is 12.2 Å². The third kappa shape index (κ3) is 1.66. The van der Waals surface area contributed by atoms with E-state index in [0.29, 0.717) is 22.9 Å². The lowest BCUT2D eigenvalue weighted by atomic mass is 10.1. The number of thiocarbonyl (C=S) groups is 1. The van der Waals surface area contributed by atoms with Crippen molar-refractivity contribution >= 4 is 23.2 Å². The van der Waals surface area contributed by atoms with E-state index < -0.39 is 6.23 Å². The maximum atomic E-state index is 12.2. The van der Waals surface area contributed by atoms with Crippen LogP contribution in [0.2, 0.25) is 0 Å². The molecule has 2 aliphatic rings. The van der Waals surface area contributed by atoms with Crippen molar-refractivity contribution in [1.82, 2.24) is 15.5 Å². The van der Waals surface area contributed by atoms with E-state index in [-0.39, 0.29) is 5.91 Å². The van der Waals surface area contributed by atoms with Crippen molar-refractivity contribution in [2.75, 3.05) is 0 Å². The van der Waals surface area contributed by atoms with E-state index in [9.17, 15) is 9.90 Å². The minimum absolute atomic E-state index is 0.104. The van der Waals surface area contributed by atoms with Crippen molar-refractivity contribution in [2.45, 2.75) is 12.8 Å². The highest BCUT2D eigenvalue weighted by molar-refractivity contribution is 7.80. The second-order valence-electron chi connectivity index (χ2n) is 4.14. The Hall–Kier alpha value is -1.92. The van der Waals surface area contributed by atoms with Crippen LogP contribution in [0, 0.1) is 0 Å². The minimum atomic E-state index is -0.961. The molecule has 2 heterocycles. The third-order valence-corrected chi connectivity index (χ3v) is 3.27. The van der Waals surface area contributed by atoms with Crippen molar-refractivity contribution in [2.24, 2.45) is 0 Å². The molecule has 3 rings (SSSR count). The number of carbonyl (C=O) groups excluding carboxylic acids is 1. The highest BCUT2D eigenvalue weighted by atomic mass is 32.1. The van der Waals surface area contributed by atoms with Crippen LogP contribution in [-0.4, -0.2) is 27.3 Å². The first-order chi connectivity index (χ1) is 8.66. The molecule has 5 nitrogen and oxygen atoms in total. The van der Waals surface area contributed by atoms with Crippen LogP contribution >= 0.6 is 12.2 Å². The molecule has 0 saturated carbocycles. The number of carbonyl (C=O) groups is 1. The van der Waals surface area contributed by atoms with Gasteiger partial charge < -0.3 is 20.6 Å². The van der Waals surface area contributed by atoms with Gasteiger partial charge in [-0.1, -0.05) is 18.2 Å². The van der Waals surface area contributed by atoms with Crippen molar-refractivity contribution in [3.63, 3.8) is 0 Å². The molecule has 1 atom stereocenters. The Bertz CT molecular complexity index is 570. The van der Waals surface area contributed by atoms with Crippen molar-refractivity contribution in [3.8, 4) is 0 Å². The number of rotatable bonds is 1. The summed E-state index contributed by atoms with van der Waals surface area (Å²) >= 11 is 4.88. The lowest BCUT2D eigenvalue weighted by molar-refractivity contribution is 0.0748. The van der Waals surface area contributed by atoms with Gasteiger partial charge in [-0.15, -0.1) is 0 Å². The number of hydrogen-bond acceptors (Lipinski definition) is 3. The number of nitrogens with zero attached hydrogens (tertiary/aromatic N) is 1. The van der Waals surface area contributed by atoms with E-state index in [2.05, 4.69) is 10.6 Å². The maximum Gasteiger partial charge on any atom is 0.258 e. The Morgan fingerprint density at radius 2 is 2.17 bits per heavy atom. The predicted octanol–water partition coefficient (Wildman–Crippen LogP) is 0.280. The van der Waals surface area contributed by atoms with Gasteiger partial charge in [-0.05, 0) is 23.8 Å². The van der Waals surface area contributed by atoms with Crippen LogP contribution in [0.25, 0.3) is 0 Å². The average molecular weight is 261 g/mol. The minimum Gasteiger partial charge on any atom is -0.368 e. The lowest BCUT2D eigenvalue weighted by Gasteiger charge is -2.29. The van der Waals surface area contributed by atoms with Crippen LogP contribution in [0.1, 0.15) is 15.9 Å². The molecule has 0 radical (unpaired) electrons. The van der Waals surface area contributed by atoms with Crippen molar-refractivity contribution < 1.29 is 9.90 Å². The highest BCUT2D eigenvalue weighted by Crippen LogP contribution is 2.27. The van der Waals surface area contributed by atoms with Crippen LogP contribution in [0.4, 0.5) is 0 Å². The monoisotopic (exact) mass is 261 g/mol. The molecule has 1 unspecified atom stereocenters. The van der Waals surface area contributed by atoms with Crippen molar-refractivity contribution in [3.05, 3.63) is 47.3 Å². The van der Waals surface area contributed by atoms with Crippen LogP contribution in [0.15, 0.2) is 36.2 Å². The van der Waals surface area contributed by atoms with E-state index in [1.54, 1.807) is 12.3 Å². The first kappa shape index (κ1) is 11.2. The van der Waals surface area contributed by atoms with Crippen LogP contribution in [-0.2, 0) is 6.54 Å². The zero-order chi connectivity index (χ0) is 12.7. The fraction of sp³-hybridized carbons (Fsp3) is 0.167. The standard InChI is InChI=1S/C12H11N3O2S/c16-10-9(5-13-12(18)14-10)15-6-7-3-1-2-4-8(7)11(15)17/h1-5,10,16H,6H2,(H2,13,14,18). The largest absolute Gasteiger partial charge is 0.368 e. The Balaban J connectivity index is 1.93. The van der Waals surface area contributed by atoms with Gasteiger partial charge in [0.15, 0.2) is 11.3 Å². The van der Waals surface area contributed by atoms with Gasteiger partial charge in [0.05, 0.1) is 12.2 Å². The first-order valence-electron chi connectivity index (χ1n) is 5.52. The van der Waals surface area contributed by atoms with E-state index in [1.165, 1.54) is 4.90 Å². The SMILES string of the molecule is O=C1c2ccccc2CN1C1=CNC(=S)NC1O. The molecule has 0 spiro atoms. The second-order valence-corrected chi connectivity index (χ2v) is 4.55. The molecule has 0 aliphatic carbocycles. The Kier molecular flexibility index (Phi) is 2.53. The summed E-state index contributed by atoms with van der Waals surface area (Å²) in [5.41, 5.74) is 2.12. The molecule has 1 aromatic rings. The summed E-state index contributed by atoms with van der Waals surface area (Å²) in [7, 11) is 0. The zero-order valence-electron chi connectivity index (χ0n) is 9.38. The van der Waals surface area contributed by atoms with Gasteiger partial charge in [0.2, 0.25) is 0 Å². The van der Waals surface area contributed by atoms with Crippen LogP contribution < -0.4 is 10.6 Å². The van der Waals surface area contributed by atoms with Gasteiger partial charge in [-0.25, -0.2) is 0 Å². The summed E-state index contributed by atoms with van der Waals surface area (Å²) < 4.78 is 0. The highest BCUT2D eigenvalue weighted by Gasteiger charge is 2.33. The van der Waals surface area contributed by atoms with Crippen molar-refractivity contribution in [1.29, 1.82) is 0 Å². The number of aliphatic hydroxyl groups excluding tert-OH is 1. The summed E-state index contributed by atoms with van der Waals surface area (Å²) in [6, 6.07) is 7.43. The molecular formula is C12H11N3O2S. The average Bonchev–Trinajstić information content (AvgIpc) is 2.68. The fourth-order valence-corrected chi connectivity index (χ4v) is 2.32. The molecule has 0 saturated heterocycles. The van der Waals surface area contributed by atoms with Crippen LogP contribution in [0.5, 0.6) is 0 Å². The molecule has 1 amide bonds. The molecule has 0 aromatic heterocycles. The van der Waals surface area contributed by atoms with Gasteiger partial charge in [-0.3, -0.25) is 4.79 Å². The number of benzene rings is 1. The molecule has 3 N–H and O–H groups in total. The van der Waals surface area contributed by atoms with Gasteiger partial charge in [0, 0.05) is 11.8 Å². The Labute approximate surface area is 109 Å². The lowest BCUT2D eigenvalue weighted by Crippen LogP contribution is -2.49. The molecule has 6 heteroatoms. The molecule has 0 fully saturated rings. The van der Waals surface area contributed by atoms with Gasteiger partial charge in [0.25, 0.3) is 5.91 Å². The maximum absolute atomic E-state index is 12.2. The topological polar surface area (TPSA) is 64.6 Å². The van der Waals surface area contributed by atoms with Gasteiger partial charge in [-0.2, -0.15) is 0 Å². The van der Waals surface area contributed by atoms with Gasteiger partial charge >= 0.3 is 0 Å². The molecule has 0 bridgehead atoms. The summed E-state index contributed by atoms with van der Waals surface area (Å²) in [5, 5.41) is 15.7. The number of amides is 1. The van der Waals surface area contributed by atoms with E-state index in [1.807, 2.05) is 18.2 Å². The molecule has 18 heavy (non-hydrogen) atoms. The molecule has 92 valence electrons. The Morgan fingerprint density at radius 3 is 2.89 bits per heavy atom. The fourth-order valence-electron chi connectivity index (χ4n) is 2.15. The number of nitrogens with one attached hydrogen (secondary N) is 2. The number of hydrogen-bond donors (Lipinski definition) is 3. The summed E-state index contributed by atoms with van der Waals surface area (Å²) in [4.78, 5) is 13.7. The second kappa shape index (κ2) is 4.08.